The smallest absolute Gasteiger partial charge is 0.0934 e. The van der Waals surface area contributed by atoms with Gasteiger partial charge in [-0.25, -0.2) is 0 Å². The molecule has 0 radical (unpaired) electrons. The van der Waals surface area contributed by atoms with E-state index in [-0.39, 0.29) is 5.41 Å². The highest BCUT2D eigenvalue weighted by atomic mass is 14.9. The Hall–Kier alpha value is -2.26. The summed E-state index contributed by atoms with van der Waals surface area (Å²) in [6.45, 7) is 13.1. The lowest BCUT2D eigenvalue weighted by molar-refractivity contribution is 0.590. The second-order valence-corrected chi connectivity index (χ2v) is 7.00. The van der Waals surface area contributed by atoms with Gasteiger partial charge in [-0.05, 0) is 54.9 Å². The molecule has 0 spiro atoms. The second-order valence-electron chi connectivity index (χ2n) is 7.00. The zero-order chi connectivity index (χ0) is 17.7. The quantitative estimate of drug-likeness (QED) is 0.757. The number of nitrogens with zero attached hydrogens (tertiary/aromatic N) is 2. The third-order valence-corrected chi connectivity index (χ3v) is 4.06. The number of hydrogen-bond acceptors (Lipinski definition) is 3. The molecule has 0 heterocycles. The van der Waals surface area contributed by atoms with E-state index in [0.717, 1.165) is 34.8 Å². The van der Waals surface area contributed by atoms with Gasteiger partial charge in [0.15, 0.2) is 0 Å². The number of aliphatic imine (C=N–C) groups is 2. The van der Waals surface area contributed by atoms with Crippen molar-refractivity contribution in [3.8, 4) is 0 Å². The van der Waals surface area contributed by atoms with Crippen LogP contribution in [0.15, 0.2) is 52.4 Å². The van der Waals surface area contributed by atoms with Crippen LogP contribution in [-0.2, 0) is 12.0 Å². The highest BCUT2D eigenvalue weighted by Crippen LogP contribution is 2.32. The fourth-order valence-electron chi connectivity index (χ4n) is 2.61. The van der Waals surface area contributed by atoms with Crippen molar-refractivity contribution < 1.29 is 0 Å². The normalized spacial score (nSPS) is 12.3. The van der Waals surface area contributed by atoms with Gasteiger partial charge in [0.2, 0.25) is 0 Å². The average Bonchev–Trinajstić information content (AvgIpc) is 2.56. The lowest BCUT2D eigenvalue weighted by Crippen LogP contribution is -2.12. The summed E-state index contributed by atoms with van der Waals surface area (Å²) in [5.41, 5.74) is 6.36. The van der Waals surface area contributed by atoms with E-state index in [1.807, 2.05) is 26.1 Å². The first kappa shape index (κ1) is 18.1. The van der Waals surface area contributed by atoms with Crippen molar-refractivity contribution in [3.05, 3.63) is 59.2 Å². The van der Waals surface area contributed by atoms with Gasteiger partial charge < -0.3 is 5.32 Å². The molecule has 0 aliphatic heterocycles. The predicted molar refractivity (Wildman–Crippen MR) is 105 cm³/mol. The first-order valence-electron chi connectivity index (χ1n) is 8.26. The van der Waals surface area contributed by atoms with Gasteiger partial charge in [-0.1, -0.05) is 51.1 Å². The van der Waals surface area contributed by atoms with Crippen LogP contribution < -0.4 is 5.32 Å². The molecule has 0 atom stereocenters. The molecule has 0 aromatic heterocycles. The topological polar surface area (TPSA) is 36.8 Å². The van der Waals surface area contributed by atoms with E-state index in [9.17, 15) is 0 Å². The van der Waals surface area contributed by atoms with E-state index in [2.05, 4.69) is 68.1 Å². The van der Waals surface area contributed by atoms with Gasteiger partial charge in [0, 0.05) is 12.3 Å². The summed E-state index contributed by atoms with van der Waals surface area (Å²) < 4.78 is 0. The highest BCUT2D eigenvalue weighted by Gasteiger charge is 2.14. The van der Waals surface area contributed by atoms with Gasteiger partial charge in [0.25, 0.3) is 0 Å². The number of benzene rings is 2. The van der Waals surface area contributed by atoms with Gasteiger partial charge >= 0.3 is 0 Å². The molecular formula is C21H27N3. The van der Waals surface area contributed by atoms with Crippen LogP contribution in [0.5, 0.6) is 0 Å². The molecule has 0 aliphatic rings. The van der Waals surface area contributed by atoms with Crippen molar-refractivity contribution in [1.82, 2.24) is 5.32 Å². The molecule has 24 heavy (non-hydrogen) atoms. The summed E-state index contributed by atoms with van der Waals surface area (Å²) in [4.78, 5) is 9.02. The van der Waals surface area contributed by atoms with Crippen molar-refractivity contribution in [2.75, 3.05) is 7.05 Å². The number of rotatable bonds is 5. The molecule has 0 amide bonds. The zero-order valence-electron chi connectivity index (χ0n) is 15.4. The Balaban J connectivity index is 2.50. The van der Waals surface area contributed by atoms with Gasteiger partial charge in [-0.2, -0.15) is 0 Å². The Morgan fingerprint density at radius 1 is 1.12 bits per heavy atom. The van der Waals surface area contributed by atoms with Crippen molar-refractivity contribution >= 4 is 23.8 Å². The third kappa shape index (κ3) is 4.18. The molecule has 3 heteroatoms. The molecule has 2 aromatic carbocycles. The fourth-order valence-corrected chi connectivity index (χ4v) is 2.61. The van der Waals surface area contributed by atoms with Gasteiger partial charge in [-0.15, -0.1) is 0 Å². The standard InChI is InChI=1S/C21H27N3/c1-15(16-9-7-11-18(13-16)21(2,3)4)24-20-17(14-22-5)10-8-12-19(20)23-6/h7-13,22H,6,14H2,1-5H3. The van der Waals surface area contributed by atoms with E-state index in [1.165, 1.54) is 5.56 Å². The van der Waals surface area contributed by atoms with E-state index < -0.39 is 0 Å². The molecule has 0 aliphatic carbocycles. The van der Waals surface area contributed by atoms with E-state index in [1.54, 1.807) is 0 Å². The average molecular weight is 321 g/mol. The first-order chi connectivity index (χ1) is 11.4. The van der Waals surface area contributed by atoms with E-state index in [0.29, 0.717) is 0 Å². The Morgan fingerprint density at radius 3 is 2.46 bits per heavy atom. The molecule has 126 valence electrons. The van der Waals surface area contributed by atoms with Crippen LogP contribution in [-0.4, -0.2) is 19.5 Å². The van der Waals surface area contributed by atoms with Crippen LogP contribution in [0.4, 0.5) is 11.4 Å². The monoisotopic (exact) mass is 321 g/mol. The Bertz CT molecular complexity index is 752. The molecule has 2 aromatic rings. The van der Waals surface area contributed by atoms with Gasteiger partial charge in [0.1, 0.15) is 0 Å². The molecule has 1 N–H and O–H groups in total. The molecule has 0 unspecified atom stereocenters. The lowest BCUT2D eigenvalue weighted by atomic mass is 9.86. The number of hydrogen-bond donors (Lipinski definition) is 1. The maximum absolute atomic E-state index is 4.88. The van der Waals surface area contributed by atoms with Crippen LogP contribution in [0, 0.1) is 0 Å². The van der Waals surface area contributed by atoms with Crippen molar-refractivity contribution in [3.63, 3.8) is 0 Å². The summed E-state index contributed by atoms with van der Waals surface area (Å²) in [7, 11) is 1.93. The van der Waals surface area contributed by atoms with Crippen LogP contribution in [0.25, 0.3) is 0 Å². The van der Waals surface area contributed by atoms with Gasteiger partial charge in [-0.3, -0.25) is 9.98 Å². The van der Waals surface area contributed by atoms with Crippen molar-refractivity contribution in [2.24, 2.45) is 9.98 Å². The molecule has 2 rings (SSSR count). The molecule has 0 saturated heterocycles. The van der Waals surface area contributed by atoms with Crippen molar-refractivity contribution in [2.45, 2.75) is 39.7 Å². The maximum atomic E-state index is 4.88. The summed E-state index contributed by atoms with van der Waals surface area (Å²) in [5, 5.41) is 3.19. The molecular weight excluding hydrogens is 294 g/mol. The molecule has 0 fully saturated rings. The largest absolute Gasteiger partial charge is 0.316 e. The molecule has 0 saturated carbocycles. The van der Waals surface area contributed by atoms with E-state index >= 15 is 0 Å². The molecule has 3 nitrogen and oxygen atoms in total. The summed E-state index contributed by atoms with van der Waals surface area (Å²) in [6, 6.07) is 14.6. The minimum atomic E-state index is 0.119. The second kappa shape index (κ2) is 7.54. The Morgan fingerprint density at radius 2 is 1.83 bits per heavy atom. The Labute approximate surface area is 145 Å². The fraction of sp³-hybridized carbons (Fsp3) is 0.333. The van der Waals surface area contributed by atoms with Gasteiger partial charge in [0.05, 0.1) is 11.4 Å². The lowest BCUT2D eigenvalue weighted by Gasteiger charge is -2.19. The maximum Gasteiger partial charge on any atom is 0.0934 e. The summed E-state index contributed by atoms with van der Waals surface area (Å²) >= 11 is 0. The summed E-state index contributed by atoms with van der Waals surface area (Å²) in [5.74, 6) is 0. The Kier molecular flexibility index (Phi) is 5.68. The van der Waals surface area contributed by atoms with E-state index in [4.69, 9.17) is 4.99 Å². The minimum Gasteiger partial charge on any atom is -0.316 e. The minimum absolute atomic E-state index is 0.119. The van der Waals surface area contributed by atoms with Crippen LogP contribution in [0.1, 0.15) is 44.4 Å². The van der Waals surface area contributed by atoms with Crippen LogP contribution in [0.2, 0.25) is 0 Å². The zero-order valence-corrected chi connectivity index (χ0v) is 15.4. The van der Waals surface area contributed by atoms with Crippen molar-refractivity contribution in [1.29, 1.82) is 0 Å². The highest BCUT2D eigenvalue weighted by molar-refractivity contribution is 6.01. The van der Waals surface area contributed by atoms with Crippen LogP contribution >= 0.6 is 0 Å². The third-order valence-electron chi connectivity index (χ3n) is 4.06. The SMILES string of the molecule is C=Nc1cccc(CNC)c1N=C(C)c1cccc(C(C)(C)C)c1. The predicted octanol–water partition coefficient (Wildman–Crippen LogP) is 5.18. The van der Waals surface area contributed by atoms with Crippen LogP contribution in [0.3, 0.4) is 0 Å². The number of nitrogens with one attached hydrogen (secondary N) is 1. The number of para-hydroxylation sites is 1. The summed E-state index contributed by atoms with van der Waals surface area (Å²) in [6.07, 6.45) is 0. The molecule has 0 bridgehead atoms. The first-order valence-corrected chi connectivity index (χ1v) is 8.26.